The summed E-state index contributed by atoms with van der Waals surface area (Å²) < 4.78 is 13.2. The third kappa shape index (κ3) is 4.25. The van der Waals surface area contributed by atoms with E-state index in [-0.39, 0.29) is 16.3 Å². The van der Waals surface area contributed by atoms with Gasteiger partial charge in [0.2, 0.25) is 5.91 Å². The van der Waals surface area contributed by atoms with E-state index in [9.17, 15) is 18.8 Å². The quantitative estimate of drug-likeness (QED) is 0.691. The fourth-order valence-electron chi connectivity index (χ4n) is 4.26. The molecular formula is C21H27ClFN3O3. The number of nitrogens with one attached hydrogen (secondary N) is 2. The first-order valence-corrected chi connectivity index (χ1v) is 10.3. The van der Waals surface area contributed by atoms with Crippen LogP contribution < -0.4 is 10.6 Å². The Labute approximate surface area is 175 Å². The minimum Gasteiger partial charge on any atom is -0.324 e. The first-order valence-electron chi connectivity index (χ1n) is 9.97. The van der Waals surface area contributed by atoms with Crippen molar-refractivity contribution in [1.29, 1.82) is 0 Å². The van der Waals surface area contributed by atoms with Crippen LogP contribution in [-0.2, 0) is 9.59 Å². The predicted molar refractivity (Wildman–Crippen MR) is 109 cm³/mol. The van der Waals surface area contributed by atoms with Crippen LogP contribution in [0.1, 0.15) is 52.9 Å². The summed E-state index contributed by atoms with van der Waals surface area (Å²) >= 11 is 5.71. The van der Waals surface area contributed by atoms with E-state index in [0.29, 0.717) is 24.4 Å². The van der Waals surface area contributed by atoms with Crippen LogP contribution in [-0.4, -0.2) is 34.8 Å². The fraction of sp³-hybridized carbons (Fsp3) is 0.571. The lowest BCUT2D eigenvalue weighted by molar-refractivity contribution is -0.135. The summed E-state index contributed by atoms with van der Waals surface area (Å²) in [6.45, 7) is 6.25. The third-order valence-corrected chi connectivity index (χ3v) is 6.90. The molecule has 4 amide bonds. The molecule has 1 aliphatic carbocycles. The van der Waals surface area contributed by atoms with Crippen molar-refractivity contribution in [2.24, 2.45) is 11.3 Å². The highest BCUT2D eigenvalue weighted by molar-refractivity contribution is 6.31. The van der Waals surface area contributed by atoms with Crippen molar-refractivity contribution >= 4 is 35.1 Å². The Balaban J connectivity index is 1.63. The van der Waals surface area contributed by atoms with Gasteiger partial charge in [0, 0.05) is 5.69 Å². The molecule has 1 spiro atoms. The van der Waals surface area contributed by atoms with Crippen molar-refractivity contribution in [1.82, 2.24) is 10.2 Å². The van der Waals surface area contributed by atoms with Crippen molar-refractivity contribution in [3.63, 3.8) is 0 Å². The molecule has 1 aromatic carbocycles. The Morgan fingerprint density at radius 1 is 1.34 bits per heavy atom. The smallest absolute Gasteiger partial charge is 0.324 e. The molecule has 0 bridgehead atoms. The van der Waals surface area contributed by atoms with Crippen molar-refractivity contribution in [2.75, 3.05) is 11.9 Å². The summed E-state index contributed by atoms with van der Waals surface area (Å²) in [6.07, 6.45) is 3.95. The highest BCUT2D eigenvalue weighted by Gasteiger charge is 2.53. The van der Waals surface area contributed by atoms with Gasteiger partial charge in [0.1, 0.15) is 17.9 Å². The lowest BCUT2D eigenvalue weighted by Gasteiger charge is -2.42. The molecule has 2 aliphatic rings. The van der Waals surface area contributed by atoms with Crippen LogP contribution in [0.15, 0.2) is 18.2 Å². The summed E-state index contributed by atoms with van der Waals surface area (Å²) in [5.41, 5.74) is -0.411. The monoisotopic (exact) mass is 423 g/mol. The largest absolute Gasteiger partial charge is 0.325 e. The normalized spacial score (nSPS) is 24.7. The van der Waals surface area contributed by atoms with Gasteiger partial charge >= 0.3 is 6.03 Å². The van der Waals surface area contributed by atoms with Gasteiger partial charge in [-0.2, -0.15) is 0 Å². The highest BCUT2D eigenvalue weighted by atomic mass is 35.5. The molecule has 1 aromatic rings. The van der Waals surface area contributed by atoms with Crippen LogP contribution in [0, 0.1) is 17.2 Å². The molecule has 1 saturated carbocycles. The van der Waals surface area contributed by atoms with E-state index in [1.54, 1.807) is 0 Å². The molecule has 0 atom stereocenters. The Morgan fingerprint density at radius 2 is 2.00 bits per heavy atom. The molecule has 2 fully saturated rings. The van der Waals surface area contributed by atoms with Gasteiger partial charge in [-0.1, -0.05) is 38.8 Å². The molecule has 3 rings (SSSR count). The number of anilines is 1. The highest BCUT2D eigenvalue weighted by Crippen LogP contribution is 2.45. The van der Waals surface area contributed by atoms with Gasteiger partial charge in [0.15, 0.2) is 0 Å². The number of hydrogen-bond donors (Lipinski definition) is 2. The van der Waals surface area contributed by atoms with Crippen LogP contribution in [0.3, 0.4) is 0 Å². The first-order chi connectivity index (χ1) is 13.6. The molecule has 6 nitrogen and oxygen atoms in total. The summed E-state index contributed by atoms with van der Waals surface area (Å²) in [7, 11) is 0. The topological polar surface area (TPSA) is 78.5 Å². The minimum atomic E-state index is -0.906. The Bertz CT molecular complexity index is 834. The predicted octanol–water partition coefficient (Wildman–Crippen LogP) is 4.33. The van der Waals surface area contributed by atoms with Gasteiger partial charge in [-0.25, -0.2) is 9.18 Å². The number of benzene rings is 1. The SMILES string of the molecule is CCC(C)(C)C1CCC2(CC1)NC(=O)N(CC(=O)Nc1ccc(F)c(Cl)c1)C2=O. The standard InChI is InChI=1S/C21H27ClFN3O3/c1-4-20(2,3)13-7-9-21(10-8-13)18(28)26(19(29)25-21)12-17(27)24-14-5-6-16(23)15(22)11-14/h5-6,11,13H,4,7-10,12H2,1-3H3,(H,24,27)(H,25,29). The average molecular weight is 424 g/mol. The zero-order valence-corrected chi connectivity index (χ0v) is 17.7. The summed E-state index contributed by atoms with van der Waals surface area (Å²) in [5.74, 6) is -0.984. The number of rotatable bonds is 5. The van der Waals surface area contributed by atoms with E-state index in [1.807, 2.05) is 0 Å². The van der Waals surface area contributed by atoms with Crippen LogP contribution in [0.2, 0.25) is 5.02 Å². The second-order valence-corrected chi connectivity index (χ2v) is 9.10. The Hall–Kier alpha value is -2.15. The molecule has 8 heteroatoms. The lowest BCUT2D eigenvalue weighted by Crippen LogP contribution is -2.51. The summed E-state index contributed by atoms with van der Waals surface area (Å²) in [4.78, 5) is 38.7. The van der Waals surface area contributed by atoms with Crippen LogP contribution in [0.4, 0.5) is 14.9 Å². The van der Waals surface area contributed by atoms with E-state index in [0.717, 1.165) is 30.2 Å². The van der Waals surface area contributed by atoms with Gasteiger partial charge < -0.3 is 10.6 Å². The Morgan fingerprint density at radius 3 is 2.59 bits per heavy atom. The van der Waals surface area contributed by atoms with Crippen molar-refractivity contribution in [2.45, 2.75) is 58.4 Å². The number of imide groups is 1. The number of carbonyl (C=O) groups is 3. The van der Waals surface area contributed by atoms with E-state index < -0.39 is 29.8 Å². The van der Waals surface area contributed by atoms with Gasteiger partial charge in [-0.3, -0.25) is 14.5 Å². The van der Waals surface area contributed by atoms with E-state index in [1.165, 1.54) is 12.1 Å². The number of halogens is 2. The van der Waals surface area contributed by atoms with Crippen LogP contribution >= 0.6 is 11.6 Å². The number of urea groups is 1. The van der Waals surface area contributed by atoms with E-state index >= 15 is 0 Å². The molecule has 1 saturated heterocycles. The third-order valence-electron chi connectivity index (χ3n) is 6.61. The van der Waals surface area contributed by atoms with E-state index in [4.69, 9.17) is 11.6 Å². The van der Waals surface area contributed by atoms with Gasteiger partial charge in [-0.05, 0) is 55.2 Å². The molecular weight excluding hydrogens is 397 g/mol. The molecule has 0 radical (unpaired) electrons. The Kier molecular flexibility index (Phi) is 5.90. The maximum Gasteiger partial charge on any atom is 0.325 e. The summed E-state index contributed by atoms with van der Waals surface area (Å²) in [5, 5.41) is 5.25. The molecule has 158 valence electrons. The average Bonchev–Trinajstić information content (AvgIpc) is 2.89. The molecule has 1 heterocycles. The number of nitrogens with zero attached hydrogens (tertiary/aromatic N) is 1. The van der Waals surface area contributed by atoms with Gasteiger partial charge in [0.05, 0.1) is 5.02 Å². The second kappa shape index (κ2) is 7.94. The zero-order valence-electron chi connectivity index (χ0n) is 17.0. The molecule has 29 heavy (non-hydrogen) atoms. The van der Waals surface area contributed by atoms with E-state index in [2.05, 4.69) is 31.4 Å². The van der Waals surface area contributed by atoms with Gasteiger partial charge in [-0.15, -0.1) is 0 Å². The van der Waals surface area contributed by atoms with Crippen molar-refractivity contribution < 1.29 is 18.8 Å². The fourth-order valence-corrected chi connectivity index (χ4v) is 4.44. The van der Waals surface area contributed by atoms with Crippen LogP contribution in [0.5, 0.6) is 0 Å². The maximum absolute atomic E-state index is 13.2. The number of amides is 4. The minimum absolute atomic E-state index is 0.122. The number of carbonyl (C=O) groups excluding carboxylic acids is 3. The van der Waals surface area contributed by atoms with Gasteiger partial charge in [0.25, 0.3) is 5.91 Å². The molecule has 0 unspecified atom stereocenters. The molecule has 0 aromatic heterocycles. The summed E-state index contributed by atoms with van der Waals surface area (Å²) in [6, 6.07) is 3.23. The zero-order chi connectivity index (χ0) is 21.4. The van der Waals surface area contributed by atoms with Crippen LogP contribution in [0.25, 0.3) is 0 Å². The van der Waals surface area contributed by atoms with Crippen molar-refractivity contribution in [3.05, 3.63) is 29.0 Å². The first kappa shape index (κ1) is 21.6. The lowest BCUT2D eigenvalue weighted by atomic mass is 9.65. The second-order valence-electron chi connectivity index (χ2n) is 8.70. The molecule has 2 N–H and O–H groups in total. The molecule has 1 aliphatic heterocycles. The van der Waals surface area contributed by atoms with Crippen molar-refractivity contribution in [3.8, 4) is 0 Å². The maximum atomic E-state index is 13.2. The number of hydrogen-bond acceptors (Lipinski definition) is 3.